The van der Waals surface area contributed by atoms with E-state index in [1.54, 1.807) is 42.1 Å². The molecule has 0 aliphatic rings. The number of carbonyl (C=O) groups excluding carboxylic acids is 1. The van der Waals surface area contributed by atoms with Gasteiger partial charge in [-0.15, -0.1) is 0 Å². The molecule has 0 bridgehead atoms. The van der Waals surface area contributed by atoms with Gasteiger partial charge in [0.05, 0.1) is 11.4 Å². The van der Waals surface area contributed by atoms with Gasteiger partial charge in [-0.2, -0.15) is 5.10 Å². The quantitative estimate of drug-likeness (QED) is 0.716. The summed E-state index contributed by atoms with van der Waals surface area (Å²) >= 11 is 0. The number of nitrogens with one attached hydrogen (secondary N) is 1. The lowest BCUT2D eigenvalue weighted by atomic mass is 10.3. The van der Waals surface area contributed by atoms with Crippen molar-refractivity contribution in [1.29, 1.82) is 0 Å². The van der Waals surface area contributed by atoms with Crippen molar-refractivity contribution in [1.82, 2.24) is 14.9 Å². The number of anilines is 2. The first-order valence-electron chi connectivity index (χ1n) is 6.28. The van der Waals surface area contributed by atoms with Crippen LogP contribution in [0.3, 0.4) is 0 Å². The Morgan fingerprint density at radius 3 is 2.71 bits per heavy atom. The van der Waals surface area contributed by atoms with Gasteiger partial charge in [0.25, 0.3) is 5.91 Å². The van der Waals surface area contributed by atoms with Gasteiger partial charge in [-0.3, -0.25) is 10.1 Å². The van der Waals surface area contributed by atoms with E-state index in [1.165, 1.54) is 0 Å². The molecule has 21 heavy (non-hydrogen) atoms. The molecule has 3 aromatic rings. The average Bonchev–Trinajstić information content (AvgIpc) is 3.09. The zero-order valence-corrected chi connectivity index (χ0v) is 11.3. The zero-order chi connectivity index (χ0) is 14.8. The van der Waals surface area contributed by atoms with Crippen molar-refractivity contribution in [2.75, 3.05) is 11.1 Å². The predicted molar refractivity (Wildman–Crippen MR) is 77.2 cm³/mol. The Balaban J connectivity index is 1.78. The maximum absolute atomic E-state index is 12.0. The Labute approximate surface area is 120 Å². The first-order chi connectivity index (χ1) is 10.1. The van der Waals surface area contributed by atoms with Crippen LogP contribution in [-0.2, 0) is 0 Å². The average molecular weight is 283 g/mol. The van der Waals surface area contributed by atoms with E-state index in [9.17, 15) is 4.79 Å². The van der Waals surface area contributed by atoms with Crippen LogP contribution in [0.5, 0.6) is 0 Å². The third-order valence-corrected chi connectivity index (χ3v) is 2.84. The second kappa shape index (κ2) is 5.12. The molecule has 0 aliphatic heterocycles. The van der Waals surface area contributed by atoms with E-state index in [0.717, 1.165) is 5.69 Å². The van der Waals surface area contributed by atoms with Crippen molar-refractivity contribution in [2.45, 2.75) is 6.92 Å². The number of nitrogen functional groups attached to an aromatic ring is 1. The fourth-order valence-electron chi connectivity index (χ4n) is 1.81. The number of hydrogen-bond acceptors (Lipinski definition) is 5. The number of benzene rings is 1. The van der Waals surface area contributed by atoms with E-state index in [2.05, 4.69) is 15.6 Å². The van der Waals surface area contributed by atoms with Crippen molar-refractivity contribution in [3.63, 3.8) is 0 Å². The molecule has 1 amide bonds. The minimum atomic E-state index is -0.361. The summed E-state index contributed by atoms with van der Waals surface area (Å²) in [7, 11) is 0. The molecule has 0 aliphatic carbocycles. The number of hydrogen-bond donors (Lipinski definition) is 2. The summed E-state index contributed by atoms with van der Waals surface area (Å²) in [6.07, 6.45) is 1.70. The zero-order valence-electron chi connectivity index (χ0n) is 11.3. The smallest absolute Gasteiger partial charge is 0.278 e. The monoisotopic (exact) mass is 283 g/mol. The van der Waals surface area contributed by atoms with Crippen molar-refractivity contribution in [2.24, 2.45) is 0 Å². The predicted octanol–water partition coefficient (Wildman–Crippen LogP) is 2.00. The first kappa shape index (κ1) is 12.9. The number of rotatable bonds is 3. The van der Waals surface area contributed by atoms with Crippen LogP contribution in [0.15, 0.2) is 47.1 Å². The molecule has 0 unspecified atom stereocenters. The molecule has 7 heteroatoms. The van der Waals surface area contributed by atoms with Crippen molar-refractivity contribution < 1.29 is 9.32 Å². The van der Waals surface area contributed by atoms with Crippen LogP contribution in [0.1, 0.15) is 16.2 Å². The van der Waals surface area contributed by atoms with Crippen LogP contribution < -0.4 is 11.1 Å². The van der Waals surface area contributed by atoms with Gasteiger partial charge in [-0.05, 0) is 37.3 Å². The topological polar surface area (TPSA) is 99.0 Å². The van der Waals surface area contributed by atoms with E-state index >= 15 is 0 Å². The van der Waals surface area contributed by atoms with Gasteiger partial charge in [0.2, 0.25) is 5.88 Å². The van der Waals surface area contributed by atoms with Crippen molar-refractivity contribution in [3.8, 4) is 5.69 Å². The van der Waals surface area contributed by atoms with Crippen molar-refractivity contribution in [3.05, 3.63) is 54.0 Å². The number of nitrogens with two attached hydrogens (primary N) is 1. The van der Waals surface area contributed by atoms with E-state index in [4.69, 9.17) is 10.3 Å². The Hall–Kier alpha value is -3.09. The normalized spacial score (nSPS) is 10.5. The van der Waals surface area contributed by atoms with Crippen molar-refractivity contribution >= 4 is 17.5 Å². The van der Waals surface area contributed by atoms with Crippen LogP contribution >= 0.6 is 0 Å². The highest BCUT2D eigenvalue weighted by Gasteiger charge is 2.12. The van der Waals surface area contributed by atoms with Gasteiger partial charge in [-0.1, -0.05) is 5.16 Å². The Kier molecular flexibility index (Phi) is 3.15. The largest absolute Gasteiger partial charge is 0.399 e. The maximum Gasteiger partial charge on any atom is 0.278 e. The third kappa shape index (κ3) is 2.76. The second-order valence-electron chi connectivity index (χ2n) is 4.52. The van der Waals surface area contributed by atoms with Gasteiger partial charge >= 0.3 is 0 Å². The van der Waals surface area contributed by atoms with Gasteiger partial charge in [0.1, 0.15) is 0 Å². The number of amides is 1. The fraction of sp³-hybridized carbons (Fsp3) is 0.0714. The summed E-state index contributed by atoms with van der Waals surface area (Å²) in [6.45, 7) is 1.77. The molecular formula is C14H13N5O2. The Morgan fingerprint density at radius 1 is 1.29 bits per heavy atom. The first-order valence-corrected chi connectivity index (χ1v) is 6.28. The molecule has 2 aromatic heterocycles. The van der Waals surface area contributed by atoms with Crippen LogP contribution in [0.2, 0.25) is 0 Å². The van der Waals surface area contributed by atoms with Gasteiger partial charge in [0.15, 0.2) is 5.69 Å². The molecule has 7 nitrogen and oxygen atoms in total. The molecule has 0 saturated carbocycles. The van der Waals surface area contributed by atoms with Gasteiger partial charge in [0, 0.05) is 18.0 Å². The van der Waals surface area contributed by atoms with Crippen LogP contribution in [0.4, 0.5) is 11.6 Å². The lowest BCUT2D eigenvalue weighted by Crippen LogP contribution is -2.12. The SMILES string of the molecule is Cc1cc(NC(=O)c2ccn(-c3ccc(N)cc3)n2)on1. The van der Waals surface area contributed by atoms with E-state index < -0.39 is 0 Å². The second-order valence-corrected chi connectivity index (χ2v) is 4.52. The summed E-state index contributed by atoms with van der Waals surface area (Å²) < 4.78 is 6.53. The Bertz CT molecular complexity index is 773. The molecule has 3 rings (SSSR count). The van der Waals surface area contributed by atoms with Crippen LogP contribution in [-0.4, -0.2) is 20.8 Å². The lowest BCUT2D eigenvalue weighted by Gasteiger charge is -2.01. The molecule has 3 N–H and O–H groups in total. The summed E-state index contributed by atoms with van der Waals surface area (Å²) in [6, 6.07) is 10.4. The number of carbonyl (C=O) groups is 1. The van der Waals surface area contributed by atoms with Crippen LogP contribution in [0.25, 0.3) is 5.69 Å². The van der Waals surface area contributed by atoms with E-state index in [0.29, 0.717) is 17.3 Å². The third-order valence-electron chi connectivity index (χ3n) is 2.84. The van der Waals surface area contributed by atoms with Crippen LogP contribution in [0, 0.1) is 6.92 Å². The standard InChI is InChI=1S/C14H13N5O2/c1-9-8-13(21-18-9)16-14(20)12-6-7-19(17-12)11-4-2-10(15)3-5-11/h2-8H,15H2,1H3,(H,16,20). The summed E-state index contributed by atoms with van der Waals surface area (Å²) in [5, 5.41) is 10.5. The molecule has 2 heterocycles. The van der Waals surface area contributed by atoms with E-state index in [1.807, 2.05) is 12.1 Å². The van der Waals surface area contributed by atoms with E-state index in [-0.39, 0.29) is 11.6 Å². The van der Waals surface area contributed by atoms with Gasteiger partial charge < -0.3 is 10.3 Å². The number of aryl methyl sites for hydroxylation is 1. The minimum Gasteiger partial charge on any atom is -0.399 e. The molecule has 0 radical (unpaired) electrons. The summed E-state index contributed by atoms with van der Waals surface area (Å²) in [4.78, 5) is 12.0. The minimum absolute atomic E-state index is 0.279. The molecule has 1 aromatic carbocycles. The fourth-order valence-corrected chi connectivity index (χ4v) is 1.81. The molecular weight excluding hydrogens is 270 g/mol. The molecule has 0 fully saturated rings. The molecule has 0 saturated heterocycles. The highest BCUT2D eigenvalue weighted by atomic mass is 16.5. The number of nitrogens with zero attached hydrogens (tertiary/aromatic N) is 3. The number of aromatic nitrogens is 3. The highest BCUT2D eigenvalue weighted by molar-refractivity contribution is 6.02. The highest BCUT2D eigenvalue weighted by Crippen LogP contribution is 2.13. The Morgan fingerprint density at radius 2 is 2.05 bits per heavy atom. The maximum atomic E-state index is 12.0. The molecule has 106 valence electrons. The molecule has 0 spiro atoms. The summed E-state index contributed by atoms with van der Waals surface area (Å²) in [5.74, 6) is -0.0696. The van der Waals surface area contributed by atoms with Gasteiger partial charge in [-0.25, -0.2) is 4.68 Å². The summed E-state index contributed by atoms with van der Waals surface area (Å²) in [5.41, 5.74) is 8.10. The lowest BCUT2D eigenvalue weighted by molar-refractivity contribution is 0.101. The molecule has 0 atom stereocenters.